The average Bonchev–Trinajstić information content (AvgIpc) is 3.15. The summed E-state index contributed by atoms with van der Waals surface area (Å²) in [7, 11) is 5.03. The van der Waals surface area contributed by atoms with E-state index in [1.807, 2.05) is 0 Å². The monoisotopic (exact) mass is 417 g/mol. The van der Waals surface area contributed by atoms with E-state index in [9.17, 15) is 19.7 Å². The Morgan fingerprint density at radius 3 is 2.34 bits per heavy atom. The number of carbonyl (C=O) groups is 2. The minimum atomic E-state index is -0.460. The first-order valence-electron chi connectivity index (χ1n) is 8.73. The highest BCUT2D eigenvalue weighted by Gasteiger charge is 2.21. The summed E-state index contributed by atoms with van der Waals surface area (Å²) < 4.78 is 0. The van der Waals surface area contributed by atoms with E-state index in [1.165, 1.54) is 33.3 Å². The van der Waals surface area contributed by atoms with E-state index in [0.717, 1.165) is 5.56 Å². The Labute approximate surface area is 173 Å². The van der Waals surface area contributed by atoms with Crippen molar-refractivity contribution in [3.8, 4) is 11.3 Å². The van der Waals surface area contributed by atoms with Gasteiger partial charge in [-0.1, -0.05) is 6.08 Å². The molecule has 2 aromatic rings. The molecule has 10 heteroatoms. The Bertz CT molecular complexity index is 894. The minimum absolute atomic E-state index is 0.00275. The number of benzene rings is 1. The van der Waals surface area contributed by atoms with E-state index in [-0.39, 0.29) is 37.1 Å². The van der Waals surface area contributed by atoms with E-state index in [4.69, 9.17) is 0 Å². The number of non-ortho nitro benzene ring substituents is 1. The molecule has 2 amide bonds. The number of rotatable bonds is 9. The standard InChI is InChI=1S/C19H23N5O4S/c1-5-10-23(18(26)12-22(4)11-17(25)21(2)3)19-20-16(13-29-19)14-6-8-15(9-7-14)24(27)28/h5-9,13H,1,10-12H2,2-4H3. The highest BCUT2D eigenvalue weighted by Crippen LogP contribution is 2.28. The van der Waals surface area contributed by atoms with Crippen molar-refractivity contribution in [2.24, 2.45) is 0 Å². The van der Waals surface area contributed by atoms with Crippen molar-refractivity contribution in [2.45, 2.75) is 0 Å². The predicted molar refractivity (Wildman–Crippen MR) is 113 cm³/mol. The molecule has 1 aromatic carbocycles. The van der Waals surface area contributed by atoms with Gasteiger partial charge in [0.25, 0.3) is 5.69 Å². The van der Waals surface area contributed by atoms with Crippen LogP contribution in [0.15, 0.2) is 42.3 Å². The second kappa shape index (κ2) is 9.89. The molecule has 154 valence electrons. The van der Waals surface area contributed by atoms with Gasteiger partial charge in [-0.2, -0.15) is 0 Å². The number of carbonyl (C=O) groups excluding carboxylic acids is 2. The summed E-state index contributed by atoms with van der Waals surface area (Å²) in [6.45, 7) is 4.16. The summed E-state index contributed by atoms with van der Waals surface area (Å²) in [5.41, 5.74) is 1.35. The number of likely N-dealkylation sites (N-methyl/N-ethyl adjacent to an activating group) is 2. The van der Waals surface area contributed by atoms with Crippen LogP contribution in [0.3, 0.4) is 0 Å². The molecular formula is C19H23N5O4S. The van der Waals surface area contributed by atoms with Gasteiger partial charge in [0.15, 0.2) is 5.13 Å². The zero-order valence-corrected chi connectivity index (χ0v) is 17.4. The second-order valence-corrected chi connectivity index (χ2v) is 7.41. The fraction of sp³-hybridized carbons (Fsp3) is 0.316. The average molecular weight is 417 g/mol. The molecular weight excluding hydrogens is 394 g/mol. The van der Waals surface area contributed by atoms with Gasteiger partial charge in [0, 0.05) is 43.7 Å². The lowest BCUT2D eigenvalue weighted by Crippen LogP contribution is -2.42. The Hall–Kier alpha value is -3.11. The second-order valence-electron chi connectivity index (χ2n) is 6.57. The number of hydrogen-bond donors (Lipinski definition) is 0. The topological polar surface area (TPSA) is 99.9 Å². The Kier molecular flexibility index (Phi) is 7.57. The van der Waals surface area contributed by atoms with Crippen molar-refractivity contribution >= 4 is 34.0 Å². The van der Waals surface area contributed by atoms with Crippen LogP contribution in [0.25, 0.3) is 11.3 Å². The molecule has 0 saturated carbocycles. The molecule has 0 aliphatic rings. The van der Waals surface area contributed by atoms with Crippen molar-refractivity contribution in [2.75, 3.05) is 45.7 Å². The Morgan fingerprint density at radius 2 is 1.79 bits per heavy atom. The fourth-order valence-electron chi connectivity index (χ4n) is 2.43. The molecule has 29 heavy (non-hydrogen) atoms. The first-order chi connectivity index (χ1) is 13.7. The summed E-state index contributed by atoms with van der Waals surface area (Å²) in [6, 6.07) is 6.07. The molecule has 0 bridgehead atoms. The van der Waals surface area contributed by atoms with E-state index >= 15 is 0 Å². The molecule has 0 N–H and O–H groups in total. The van der Waals surface area contributed by atoms with E-state index in [0.29, 0.717) is 10.8 Å². The molecule has 1 heterocycles. The molecule has 0 atom stereocenters. The summed E-state index contributed by atoms with van der Waals surface area (Å²) in [5, 5.41) is 13.1. The molecule has 0 aliphatic heterocycles. The number of anilines is 1. The van der Waals surface area contributed by atoms with Crippen molar-refractivity contribution in [3.05, 3.63) is 52.4 Å². The van der Waals surface area contributed by atoms with Gasteiger partial charge in [0.1, 0.15) is 0 Å². The third-order valence-corrected chi connectivity index (χ3v) is 4.88. The van der Waals surface area contributed by atoms with Gasteiger partial charge in [-0.3, -0.25) is 29.5 Å². The fourth-order valence-corrected chi connectivity index (χ4v) is 3.30. The number of nitro groups is 1. The van der Waals surface area contributed by atoms with E-state index in [2.05, 4.69) is 11.6 Å². The molecule has 0 saturated heterocycles. The lowest BCUT2D eigenvalue weighted by molar-refractivity contribution is -0.384. The summed E-state index contributed by atoms with van der Waals surface area (Å²) >= 11 is 1.30. The molecule has 0 aliphatic carbocycles. The lowest BCUT2D eigenvalue weighted by atomic mass is 10.1. The molecule has 1 aromatic heterocycles. The first-order valence-corrected chi connectivity index (χ1v) is 9.61. The normalized spacial score (nSPS) is 10.6. The number of nitro benzene ring substituents is 1. The predicted octanol–water partition coefficient (Wildman–Crippen LogP) is 2.26. The van der Waals surface area contributed by atoms with Crippen LogP contribution in [0.4, 0.5) is 10.8 Å². The van der Waals surface area contributed by atoms with E-state index in [1.54, 1.807) is 49.6 Å². The van der Waals surface area contributed by atoms with Gasteiger partial charge >= 0.3 is 0 Å². The van der Waals surface area contributed by atoms with Crippen molar-refractivity contribution in [1.82, 2.24) is 14.8 Å². The highest BCUT2D eigenvalue weighted by molar-refractivity contribution is 7.14. The quantitative estimate of drug-likeness (QED) is 0.352. The summed E-state index contributed by atoms with van der Waals surface area (Å²) in [5.74, 6) is -0.297. The van der Waals surface area contributed by atoms with Crippen LogP contribution in [0.2, 0.25) is 0 Å². The summed E-state index contributed by atoms with van der Waals surface area (Å²) in [6.07, 6.45) is 1.61. The van der Waals surface area contributed by atoms with Crippen LogP contribution < -0.4 is 4.90 Å². The van der Waals surface area contributed by atoms with Crippen LogP contribution in [0.1, 0.15) is 0 Å². The minimum Gasteiger partial charge on any atom is -0.348 e. The van der Waals surface area contributed by atoms with Crippen LogP contribution in [-0.2, 0) is 9.59 Å². The Balaban J connectivity index is 2.14. The van der Waals surface area contributed by atoms with Gasteiger partial charge < -0.3 is 4.90 Å². The van der Waals surface area contributed by atoms with Gasteiger partial charge in [-0.05, 0) is 19.2 Å². The maximum absolute atomic E-state index is 12.8. The molecule has 2 rings (SSSR count). The maximum Gasteiger partial charge on any atom is 0.269 e. The first kappa shape index (κ1) is 22.2. The maximum atomic E-state index is 12.8. The number of amides is 2. The zero-order chi connectivity index (χ0) is 21.6. The number of nitrogens with zero attached hydrogens (tertiary/aromatic N) is 5. The third kappa shape index (κ3) is 5.93. The van der Waals surface area contributed by atoms with Gasteiger partial charge in [0.2, 0.25) is 11.8 Å². The largest absolute Gasteiger partial charge is 0.348 e. The zero-order valence-electron chi connectivity index (χ0n) is 16.6. The molecule has 0 spiro atoms. The summed E-state index contributed by atoms with van der Waals surface area (Å²) in [4.78, 5) is 44.0. The van der Waals surface area contributed by atoms with Crippen molar-refractivity contribution in [1.29, 1.82) is 0 Å². The lowest BCUT2D eigenvalue weighted by Gasteiger charge is -2.23. The van der Waals surface area contributed by atoms with Gasteiger partial charge in [-0.25, -0.2) is 4.98 Å². The highest BCUT2D eigenvalue weighted by atomic mass is 32.1. The van der Waals surface area contributed by atoms with Crippen LogP contribution in [-0.4, -0.2) is 72.3 Å². The van der Waals surface area contributed by atoms with Crippen LogP contribution in [0.5, 0.6) is 0 Å². The number of thiazole rings is 1. The smallest absolute Gasteiger partial charge is 0.269 e. The molecule has 0 radical (unpaired) electrons. The number of aromatic nitrogens is 1. The van der Waals surface area contributed by atoms with E-state index < -0.39 is 4.92 Å². The van der Waals surface area contributed by atoms with Gasteiger partial charge in [0.05, 0.1) is 23.7 Å². The SMILES string of the molecule is C=CCN(C(=O)CN(C)CC(=O)N(C)C)c1nc(-c2ccc([N+](=O)[O-])cc2)cs1. The van der Waals surface area contributed by atoms with Crippen molar-refractivity contribution < 1.29 is 14.5 Å². The van der Waals surface area contributed by atoms with Crippen LogP contribution >= 0.6 is 11.3 Å². The van der Waals surface area contributed by atoms with Gasteiger partial charge in [-0.15, -0.1) is 17.9 Å². The van der Waals surface area contributed by atoms with Crippen molar-refractivity contribution in [3.63, 3.8) is 0 Å². The molecule has 0 fully saturated rings. The van der Waals surface area contributed by atoms with Crippen LogP contribution in [0, 0.1) is 10.1 Å². The number of hydrogen-bond acceptors (Lipinski definition) is 7. The third-order valence-electron chi connectivity index (χ3n) is 4.02. The molecule has 0 unspecified atom stereocenters. The molecule has 9 nitrogen and oxygen atoms in total. The Morgan fingerprint density at radius 1 is 1.17 bits per heavy atom.